The van der Waals surface area contributed by atoms with Gasteiger partial charge in [-0.3, -0.25) is 10.0 Å². The van der Waals surface area contributed by atoms with Crippen molar-refractivity contribution in [1.82, 2.24) is 5.06 Å². The van der Waals surface area contributed by atoms with E-state index in [0.717, 1.165) is 27.9 Å². The van der Waals surface area contributed by atoms with Crippen LogP contribution < -0.4 is 0 Å². The number of halogens is 1. The standard InChI is InChI=1S/C17H14ClNO3/c1-11(19(21)17(18)20)13-7-8-15-14(9-13)10-16(22-15)12-5-3-2-4-6-12/h2-11,21H,1H3. The van der Waals surface area contributed by atoms with Gasteiger partial charge >= 0.3 is 5.37 Å². The summed E-state index contributed by atoms with van der Waals surface area (Å²) < 4.78 is 5.83. The lowest BCUT2D eigenvalue weighted by molar-refractivity contribution is -0.0642. The highest BCUT2D eigenvalue weighted by atomic mass is 35.5. The van der Waals surface area contributed by atoms with Crippen LogP contribution in [0.2, 0.25) is 0 Å². The molecule has 5 heteroatoms. The molecule has 1 unspecified atom stereocenters. The van der Waals surface area contributed by atoms with Crippen LogP contribution in [0.15, 0.2) is 59.0 Å². The highest BCUT2D eigenvalue weighted by molar-refractivity contribution is 6.62. The Hall–Kier alpha value is -2.30. The number of carbonyl (C=O) groups is 1. The third kappa shape index (κ3) is 2.71. The first-order chi connectivity index (χ1) is 10.6. The zero-order valence-corrected chi connectivity index (χ0v) is 12.6. The fourth-order valence-electron chi connectivity index (χ4n) is 2.36. The fourth-order valence-corrected chi connectivity index (χ4v) is 2.51. The summed E-state index contributed by atoms with van der Waals surface area (Å²) in [6.45, 7) is 1.69. The van der Waals surface area contributed by atoms with E-state index in [1.54, 1.807) is 13.0 Å². The molecule has 0 bridgehead atoms. The smallest absolute Gasteiger partial charge is 0.340 e. The molecule has 2 aromatic carbocycles. The Kier molecular flexibility index (Phi) is 3.88. The molecule has 0 aliphatic carbocycles. The Labute approximate surface area is 132 Å². The van der Waals surface area contributed by atoms with Crippen LogP contribution >= 0.6 is 11.6 Å². The molecule has 1 atom stereocenters. The predicted molar refractivity (Wildman–Crippen MR) is 84.9 cm³/mol. The third-order valence-electron chi connectivity index (χ3n) is 3.63. The van der Waals surface area contributed by atoms with Crippen LogP contribution in [0, 0.1) is 0 Å². The number of benzene rings is 2. The molecular weight excluding hydrogens is 302 g/mol. The maximum Gasteiger partial charge on any atom is 0.340 e. The van der Waals surface area contributed by atoms with Gasteiger partial charge in [-0.25, -0.2) is 5.06 Å². The molecule has 0 aliphatic heterocycles. The molecule has 3 aromatic rings. The largest absolute Gasteiger partial charge is 0.456 e. The lowest BCUT2D eigenvalue weighted by Crippen LogP contribution is -2.25. The van der Waals surface area contributed by atoms with Gasteiger partial charge in [-0.1, -0.05) is 36.4 Å². The summed E-state index contributed by atoms with van der Waals surface area (Å²) in [5.41, 5.74) is 2.51. The summed E-state index contributed by atoms with van der Waals surface area (Å²) in [6, 6.07) is 16.7. The zero-order chi connectivity index (χ0) is 15.7. The number of furan rings is 1. The van der Waals surface area contributed by atoms with E-state index in [1.807, 2.05) is 48.5 Å². The van der Waals surface area contributed by atoms with Crippen molar-refractivity contribution in [3.8, 4) is 11.3 Å². The van der Waals surface area contributed by atoms with Crippen LogP contribution in [-0.2, 0) is 0 Å². The molecule has 0 fully saturated rings. The normalized spacial score (nSPS) is 12.3. The summed E-state index contributed by atoms with van der Waals surface area (Å²) >= 11 is 5.29. The second kappa shape index (κ2) is 5.83. The zero-order valence-electron chi connectivity index (χ0n) is 11.9. The van der Waals surface area contributed by atoms with Crippen LogP contribution in [0.4, 0.5) is 4.79 Å². The second-order valence-electron chi connectivity index (χ2n) is 5.05. The Balaban J connectivity index is 1.99. The summed E-state index contributed by atoms with van der Waals surface area (Å²) in [4.78, 5) is 11.0. The van der Waals surface area contributed by atoms with Crippen molar-refractivity contribution < 1.29 is 14.4 Å². The SMILES string of the molecule is CC(c1ccc2oc(-c3ccccc3)cc2c1)N(O)C(=O)Cl. The molecule has 1 amide bonds. The van der Waals surface area contributed by atoms with E-state index >= 15 is 0 Å². The molecule has 1 heterocycles. The molecule has 112 valence electrons. The topological polar surface area (TPSA) is 53.7 Å². The molecule has 4 nitrogen and oxygen atoms in total. The van der Waals surface area contributed by atoms with E-state index in [9.17, 15) is 10.0 Å². The minimum absolute atomic E-state index is 0.501. The first kappa shape index (κ1) is 14.6. The molecule has 0 aliphatic rings. The summed E-state index contributed by atoms with van der Waals surface area (Å²) in [6.07, 6.45) is 0. The van der Waals surface area contributed by atoms with Gasteiger partial charge < -0.3 is 4.42 Å². The fraction of sp³-hybridized carbons (Fsp3) is 0.118. The Morgan fingerprint density at radius 2 is 1.91 bits per heavy atom. The molecule has 0 spiro atoms. The Bertz CT molecular complexity index is 813. The van der Waals surface area contributed by atoms with Crippen molar-refractivity contribution in [3.05, 3.63) is 60.2 Å². The first-order valence-corrected chi connectivity index (χ1v) is 7.20. The molecule has 0 radical (unpaired) electrons. The highest BCUT2D eigenvalue weighted by Crippen LogP contribution is 2.30. The van der Waals surface area contributed by atoms with E-state index in [-0.39, 0.29) is 0 Å². The lowest BCUT2D eigenvalue weighted by atomic mass is 10.1. The number of amides is 1. The van der Waals surface area contributed by atoms with Gasteiger partial charge in [0.25, 0.3) is 0 Å². The molecule has 22 heavy (non-hydrogen) atoms. The van der Waals surface area contributed by atoms with Gasteiger partial charge in [0.05, 0.1) is 6.04 Å². The minimum atomic E-state index is -0.912. The number of hydrogen-bond acceptors (Lipinski definition) is 3. The average Bonchev–Trinajstić information content (AvgIpc) is 2.97. The van der Waals surface area contributed by atoms with Crippen LogP contribution in [0.1, 0.15) is 18.5 Å². The lowest BCUT2D eigenvalue weighted by Gasteiger charge is -2.20. The van der Waals surface area contributed by atoms with E-state index < -0.39 is 11.4 Å². The predicted octanol–water partition coefficient (Wildman–Crippen LogP) is 5.21. The number of nitrogens with zero attached hydrogens (tertiary/aromatic N) is 1. The van der Waals surface area contributed by atoms with Crippen molar-refractivity contribution >= 4 is 27.9 Å². The number of hydroxylamine groups is 2. The van der Waals surface area contributed by atoms with Crippen molar-refractivity contribution in [2.75, 3.05) is 0 Å². The molecular formula is C17H14ClNO3. The number of rotatable bonds is 3. The number of fused-ring (bicyclic) bond motifs is 1. The molecule has 1 N–H and O–H groups in total. The van der Waals surface area contributed by atoms with Gasteiger partial charge in [-0.05, 0) is 42.3 Å². The average molecular weight is 316 g/mol. The first-order valence-electron chi connectivity index (χ1n) is 6.83. The van der Waals surface area contributed by atoms with Crippen LogP contribution in [0.25, 0.3) is 22.3 Å². The van der Waals surface area contributed by atoms with Crippen LogP contribution in [0.5, 0.6) is 0 Å². The van der Waals surface area contributed by atoms with Crippen molar-refractivity contribution in [3.63, 3.8) is 0 Å². The second-order valence-corrected chi connectivity index (χ2v) is 5.37. The van der Waals surface area contributed by atoms with E-state index in [4.69, 9.17) is 16.0 Å². The third-order valence-corrected chi connectivity index (χ3v) is 3.80. The number of carbonyl (C=O) groups excluding carboxylic acids is 1. The molecule has 0 saturated heterocycles. The summed E-state index contributed by atoms with van der Waals surface area (Å²) in [5, 5.41) is 10.1. The summed E-state index contributed by atoms with van der Waals surface area (Å²) in [7, 11) is 0. The van der Waals surface area contributed by atoms with Crippen molar-refractivity contribution in [2.45, 2.75) is 13.0 Å². The Morgan fingerprint density at radius 3 is 2.59 bits per heavy atom. The monoisotopic (exact) mass is 315 g/mol. The van der Waals surface area contributed by atoms with Crippen LogP contribution in [0.3, 0.4) is 0 Å². The maximum absolute atomic E-state index is 11.0. The Morgan fingerprint density at radius 1 is 1.18 bits per heavy atom. The van der Waals surface area contributed by atoms with E-state index in [2.05, 4.69) is 0 Å². The van der Waals surface area contributed by atoms with Gasteiger partial charge in [-0.2, -0.15) is 0 Å². The van der Waals surface area contributed by atoms with Gasteiger partial charge in [0.15, 0.2) is 0 Å². The van der Waals surface area contributed by atoms with Gasteiger partial charge in [-0.15, -0.1) is 0 Å². The highest BCUT2D eigenvalue weighted by Gasteiger charge is 2.18. The number of hydrogen-bond donors (Lipinski definition) is 1. The van der Waals surface area contributed by atoms with Crippen molar-refractivity contribution in [2.24, 2.45) is 0 Å². The van der Waals surface area contributed by atoms with Gasteiger partial charge in [0.2, 0.25) is 0 Å². The molecule has 0 saturated carbocycles. The quantitative estimate of drug-likeness (QED) is 0.312. The van der Waals surface area contributed by atoms with E-state index in [0.29, 0.717) is 5.06 Å². The van der Waals surface area contributed by atoms with Gasteiger partial charge in [0, 0.05) is 10.9 Å². The molecule has 1 aromatic heterocycles. The van der Waals surface area contributed by atoms with Crippen LogP contribution in [-0.4, -0.2) is 15.6 Å². The maximum atomic E-state index is 11.0. The van der Waals surface area contributed by atoms with Crippen molar-refractivity contribution in [1.29, 1.82) is 0 Å². The molecule has 3 rings (SSSR count). The van der Waals surface area contributed by atoms with Gasteiger partial charge in [0.1, 0.15) is 11.3 Å². The van der Waals surface area contributed by atoms with E-state index in [1.165, 1.54) is 0 Å². The minimum Gasteiger partial charge on any atom is -0.456 e. The summed E-state index contributed by atoms with van der Waals surface area (Å²) in [5.74, 6) is 0.773.